The fourth-order valence-corrected chi connectivity index (χ4v) is 3.08. The van der Waals surface area contributed by atoms with Crippen molar-refractivity contribution in [3.05, 3.63) is 36.1 Å². The normalized spacial score (nSPS) is 32.0. The molecule has 1 aromatic carbocycles. The van der Waals surface area contributed by atoms with Gasteiger partial charge in [-0.2, -0.15) is 0 Å². The van der Waals surface area contributed by atoms with Crippen LogP contribution in [0.25, 0.3) is 11.3 Å². The number of nitrogens with zero attached hydrogens (tertiary/aromatic N) is 2. The molecule has 0 spiro atoms. The Morgan fingerprint density at radius 1 is 1.21 bits per heavy atom. The second-order valence-corrected chi connectivity index (χ2v) is 8.10. The van der Waals surface area contributed by atoms with Crippen LogP contribution in [0.2, 0.25) is 0 Å². The summed E-state index contributed by atoms with van der Waals surface area (Å²) < 4.78 is 49.5. The number of hydrogen-bond donors (Lipinski definition) is 1. The Morgan fingerprint density at radius 2 is 1.89 bits per heavy atom. The number of carbonyl (C=O) groups is 1. The smallest absolute Gasteiger partial charge is 0.399 e. The number of rotatable bonds is 3. The Hall–Kier alpha value is -2.16. The highest BCUT2D eigenvalue weighted by Crippen LogP contribution is 2.37. The van der Waals surface area contributed by atoms with Crippen molar-refractivity contribution in [2.24, 2.45) is 0 Å². The van der Waals surface area contributed by atoms with Crippen LogP contribution in [0.4, 0.5) is 0 Å². The monoisotopic (exact) mass is 388 g/mol. The van der Waals surface area contributed by atoms with Crippen molar-refractivity contribution in [1.82, 2.24) is 10.1 Å². The molecule has 0 unspecified atom stereocenters. The van der Waals surface area contributed by atoms with Gasteiger partial charge in [0.1, 0.15) is 5.69 Å². The first kappa shape index (κ1) is 14.8. The van der Waals surface area contributed by atoms with Gasteiger partial charge in [0.2, 0.25) is 5.60 Å². The van der Waals surface area contributed by atoms with E-state index in [-0.39, 0.29) is 5.69 Å². The molecule has 2 aliphatic heterocycles. The molecule has 2 aromatic rings. The van der Waals surface area contributed by atoms with Crippen molar-refractivity contribution in [1.29, 1.82) is 0 Å². The zero-order chi connectivity index (χ0) is 23.9. The number of benzene rings is 1. The number of hydrogen-bond acceptors (Lipinski definition) is 6. The summed E-state index contributed by atoms with van der Waals surface area (Å²) >= 11 is 0. The van der Waals surface area contributed by atoms with Gasteiger partial charge < -0.3 is 23.8 Å². The second-order valence-electron chi connectivity index (χ2n) is 8.10. The summed E-state index contributed by atoms with van der Waals surface area (Å²) in [4.78, 5) is 13.2. The predicted octanol–water partition coefficient (Wildman–Crippen LogP) is 1.69. The lowest BCUT2D eigenvalue weighted by Crippen LogP contribution is -2.41. The quantitative estimate of drug-likeness (QED) is 0.806. The summed E-state index contributed by atoms with van der Waals surface area (Å²) in [5.41, 5.74) is -2.36. The van der Waals surface area contributed by atoms with E-state index in [0.717, 1.165) is 12.5 Å². The third-order valence-electron chi connectivity index (χ3n) is 5.59. The van der Waals surface area contributed by atoms with Crippen LogP contribution in [0.5, 0.6) is 0 Å². The maximum absolute atomic E-state index is 12.6. The van der Waals surface area contributed by atoms with Crippen LogP contribution < -0.4 is 5.46 Å². The van der Waals surface area contributed by atoms with Gasteiger partial charge in [0.25, 0.3) is 5.91 Å². The average molecular weight is 388 g/mol. The zero-order valence-electron chi connectivity index (χ0n) is 20.4. The first-order valence-corrected chi connectivity index (χ1v) is 9.00. The van der Waals surface area contributed by atoms with E-state index in [1.807, 2.05) is 33.8 Å². The molecule has 2 aliphatic rings. The van der Waals surface area contributed by atoms with Gasteiger partial charge in [0.15, 0.2) is 5.76 Å². The van der Waals surface area contributed by atoms with Crippen molar-refractivity contribution in [2.75, 3.05) is 13.5 Å². The van der Waals surface area contributed by atoms with Crippen molar-refractivity contribution in [2.45, 2.75) is 50.9 Å². The molecule has 1 atom stereocenters. The molecule has 3 heterocycles. The van der Waals surface area contributed by atoms with Crippen molar-refractivity contribution in [3.63, 3.8) is 0 Å². The topological polar surface area (TPSA) is 85.0 Å². The van der Waals surface area contributed by atoms with Gasteiger partial charge in [-0.15, -0.1) is 0 Å². The molecule has 8 heteroatoms. The lowest BCUT2D eigenvalue weighted by atomic mass is 9.78. The van der Waals surface area contributed by atoms with E-state index in [2.05, 4.69) is 5.16 Å². The molecule has 7 nitrogen and oxygen atoms in total. The van der Waals surface area contributed by atoms with Crippen LogP contribution in [-0.2, 0) is 19.7 Å². The molecule has 2 fully saturated rings. The summed E-state index contributed by atoms with van der Waals surface area (Å²) in [6.07, 6.45) is -2.98. The van der Waals surface area contributed by atoms with Crippen molar-refractivity contribution in [3.8, 4) is 11.3 Å². The lowest BCUT2D eigenvalue weighted by Gasteiger charge is -2.32. The maximum atomic E-state index is 12.6. The Kier molecular flexibility index (Phi) is 3.26. The predicted molar refractivity (Wildman–Crippen MR) is 104 cm³/mol. The van der Waals surface area contributed by atoms with E-state index < -0.39 is 48.5 Å². The maximum Gasteiger partial charge on any atom is 0.494 e. The standard InChI is InChI=1S/C20H25BN2O5/c1-18(2)19(3,4)28-21(27-18)14-8-6-7-13(11-14)15-12-16(26-22-15)20(25)9-10-23(5)17(20)24/h6-8,11-12,25H,9-10H2,1-5H3/t20-/m1/s1/i9D2,10D2. The first-order valence-electron chi connectivity index (χ1n) is 11.0. The van der Waals surface area contributed by atoms with Gasteiger partial charge in [0, 0.05) is 37.0 Å². The van der Waals surface area contributed by atoms with Gasteiger partial charge in [-0.05, 0) is 33.2 Å². The number of carbonyl (C=O) groups excluding carboxylic acids is 1. The van der Waals surface area contributed by atoms with E-state index in [1.165, 1.54) is 6.07 Å². The third-order valence-corrected chi connectivity index (χ3v) is 5.59. The van der Waals surface area contributed by atoms with E-state index in [0.29, 0.717) is 10.5 Å². The highest BCUT2D eigenvalue weighted by Gasteiger charge is 2.52. The Balaban J connectivity index is 1.69. The molecule has 0 bridgehead atoms. The van der Waals surface area contributed by atoms with Gasteiger partial charge in [-0.25, -0.2) is 0 Å². The molecule has 1 aromatic heterocycles. The fraction of sp³-hybridized carbons (Fsp3) is 0.500. The van der Waals surface area contributed by atoms with Crippen molar-refractivity contribution >= 4 is 18.5 Å². The number of likely N-dealkylation sites (N-methyl/N-ethyl adjacent to an activating group) is 1. The average Bonchev–Trinajstić information content (AvgIpc) is 3.30. The SMILES string of the molecule is [2H]C1([2H])N(C)C(=O)[C@](O)(c2cc(-c3cccc(B4OC(C)(C)C(C)(C)O4)c3)no2)C1([2H])[2H]. The minimum absolute atomic E-state index is 0.241. The van der Waals surface area contributed by atoms with E-state index in [1.54, 1.807) is 18.2 Å². The number of amides is 1. The molecular formula is C20H25BN2O5. The van der Waals surface area contributed by atoms with Crippen LogP contribution in [0.15, 0.2) is 34.9 Å². The van der Waals surface area contributed by atoms with E-state index >= 15 is 0 Å². The number of aliphatic hydroxyl groups is 1. The van der Waals surface area contributed by atoms with Crippen molar-refractivity contribution < 1.29 is 29.2 Å². The van der Waals surface area contributed by atoms with Crippen LogP contribution in [0, 0.1) is 0 Å². The third kappa shape index (κ3) is 2.87. The Bertz CT molecular complexity index is 1070. The minimum atomic E-state index is -2.98. The molecule has 4 rings (SSSR count). The van der Waals surface area contributed by atoms with Gasteiger partial charge in [-0.1, -0.05) is 29.4 Å². The summed E-state index contributed by atoms with van der Waals surface area (Å²) in [7, 11) is 0.477. The first-order chi connectivity index (χ1) is 14.6. The molecule has 2 saturated heterocycles. The highest BCUT2D eigenvalue weighted by molar-refractivity contribution is 6.62. The molecular weight excluding hydrogens is 359 g/mol. The number of likely N-dealkylation sites (tertiary alicyclic amines) is 1. The summed E-state index contributed by atoms with van der Waals surface area (Å²) in [6.45, 7) is 5.04. The molecule has 28 heavy (non-hydrogen) atoms. The fourth-order valence-electron chi connectivity index (χ4n) is 3.08. The van der Waals surface area contributed by atoms with Crippen LogP contribution in [0.1, 0.15) is 45.3 Å². The van der Waals surface area contributed by atoms with Gasteiger partial charge in [-0.3, -0.25) is 4.79 Å². The van der Waals surface area contributed by atoms with Crippen LogP contribution in [-0.4, -0.2) is 52.9 Å². The van der Waals surface area contributed by atoms with E-state index in [4.69, 9.17) is 19.3 Å². The lowest BCUT2D eigenvalue weighted by molar-refractivity contribution is -0.144. The van der Waals surface area contributed by atoms with Gasteiger partial charge in [0.05, 0.1) is 11.2 Å². The Morgan fingerprint density at radius 3 is 2.50 bits per heavy atom. The summed E-state index contributed by atoms with van der Waals surface area (Å²) in [5, 5.41) is 14.9. The molecule has 0 aliphatic carbocycles. The number of aromatic nitrogens is 1. The molecule has 0 radical (unpaired) electrons. The summed E-state index contributed by atoms with van der Waals surface area (Å²) in [6, 6.07) is 8.35. The van der Waals surface area contributed by atoms with Crippen LogP contribution in [0.3, 0.4) is 0 Å². The Labute approximate surface area is 170 Å². The largest absolute Gasteiger partial charge is 0.494 e. The summed E-state index contributed by atoms with van der Waals surface area (Å²) in [5.74, 6) is -1.63. The molecule has 1 N–H and O–H groups in total. The molecule has 148 valence electrons. The van der Waals surface area contributed by atoms with Crippen LogP contribution >= 0.6 is 0 Å². The minimum Gasteiger partial charge on any atom is -0.399 e. The second kappa shape index (κ2) is 6.17. The highest BCUT2D eigenvalue weighted by atomic mass is 16.7. The molecule has 0 saturated carbocycles. The van der Waals surface area contributed by atoms with Gasteiger partial charge >= 0.3 is 7.12 Å². The van der Waals surface area contributed by atoms with E-state index in [9.17, 15) is 9.90 Å². The molecule has 1 amide bonds. The zero-order valence-corrected chi connectivity index (χ0v) is 16.4.